The van der Waals surface area contributed by atoms with Crippen LogP contribution in [0.2, 0.25) is 0 Å². The van der Waals surface area contributed by atoms with Crippen molar-refractivity contribution < 1.29 is 4.79 Å². The largest absolute Gasteiger partial charge is 0.352 e. The Morgan fingerprint density at radius 1 is 1.21 bits per heavy atom. The number of amides is 1. The van der Waals surface area contributed by atoms with E-state index in [-0.39, 0.29) is 11.9 Å². The van der Waals surface area contributed by atoms with Crippen LogP contribution in [0.25, 0.3) is 0 Å². The number of nitrogens with zero attached hydrogens (tertiary/aromatic N) is 2. The SMILES string of the molecule is Cc1cc(C(=O)NCCCN(C)C)c(C)n1C(C)c1ccccc1. The number of carbonyl (C=O) groups is 1. The zero-order chi connectivity index (χ0) is 17.7. The average molecular weight is 327 g/mol. The van der Waals surface area contributed by atoms with Crippen molar-refractivity contribution in [3.8, 4) is 0 Å². The van der Waals surface area contributed by atoms with E-state index in [2.05, 4.69) is 52.9 Å². The van der Waals surface area contributed by atoms with Gasteiger partial charge in [-0.2, -0.15) is 0 Å². The highest BCUT2D eigenvalue weighted by Gasteiger charge is 2.19. The number of nitrogens with one attached hydrogen (secondary N) is 1. The first kappa shape index (κ1) is 18.3. The van der Waals surface area contributed by atoms with Crippen LogP contribution in [0.4, 0.5) is 0 Å². The second-order valence-electron chi connectivity index (χ2n) is 6.65. The standard InChI is InChI=1S/C20H29N3O/c1-15-14-19(20(24)21-12-9-13-22(4)5)17(3)23(15)16(2)18-10-7-6-8-11-18/h6-8,10-11,14,16H,9,12-13H2,1-5H3,(H,21,24). The van der Waals surface area contributed by atoms with E-state index < -0.39 is 0 Å². The Kier molecular flexibility index (Phi) is 6.21. The van der Waals surface area contributed by atoms with E-state index in [4.69, 9.17) is 0 Å². The minimum atomic E-state index is 0.0216. The summed E-state index contributed by atoms with van der Waals surface area (Å²) in [5, 5.41) is 3.04. The van der Waals surface area contributed by atoms with Crippen molar-refractivity contribution in [3.63, 3.8) is 0 Å². The third-order valence-corrected chi connectivity index (χ3v) is 4.47. The molecule has 0 saturated heterocycles. The van der Waals surface area contributed by atoms with Gasteiger partial charge in [0, 0.05) is 17.9 Å². The molecule has 0 saturated carbocycles. The lowest BCUT2D eigenvalue weighted by atomic mass is 10.1. The molecule has 1 atom stereocenters. The molecule has 0 bridgehead atoms. The normalized spacial score (nSPS) is 12.4. The van der Waals surface area contributed by atoms with E-state index in [1.807, 2.05) is 33.2 Å². The second-order valence-corrected chi connectivity index (χ2v) is 6.65. The molecule has 1 N–H and O–H groups in total. The van der Waals surface area contributed by atoms with Gasteiger partial charge in [-0.3, -0.25) is 4.79 Å². The van der Waals surface area contributed by atoms with E-state index in [0.717, 1.165) is 29.9 Å². The molecule has 1 aromatic heterocycles. The Morgan fingerprint density at radius 3 is 2.50 bits per heavy atom. The fourth-order valence-corrected chi connectivity index (χ4v) is 3.18. The van der Waals surface area contributed by atoms with Gasteiger partial charge in [0.15, 0.2) is 0 Å². The first-order valence-corrected chi connectivity index (χ1v) is 8.58. The smallest absolute Gasteiger partial charge is 0.253 e. The fraction of sp³-hybridized carbons (Fsp3) is 0.450. The molecule has 4 nitrogen and oxygen atoms in total. The molecule has 0 aliphatic rings. The van der Waals surface area contributed by atoms with Gasteiger partial charge in [-0.25, -0.2) is 0 Å². The topological polar surface area (TPSA) is 37.3 Å². The van der Waals surface area contributed by atoms with Crippen LogP contribution >= 0.6 is 0 Å². The summed E-state index contributed by atoms with van der Waals surface area (Å²) in [6, 6.07) is 12.6. The Morgan fingerprint density at radius 2 is 1.88 bits per heavy atom. The first-order chi connectivity index (χ1) is 11.4. The maximum atomic E-state index is 12.5. The van der Waals surface area contributed by atoms with E-state index in [0.29, 0.717) is 6.54 Å². The van der Waals surface area contributed by atoms with Crippen molar-refractivity contribution in [1.82, 2.24) is 14.8 Å². The highest BCUT2D eigenvalue weighted by Crippen LogP contribution is 2.25. The Bertz CT molecular complexity index is 674. The molecular weight excluding hydrogens is 298 g/mol. The van der Waals surface area contributed by atoms with Gasteiger partial charge in [0.2, 0.25) is 0 Å². The summed E-state index contributed by atoms with van der Waals surface area (Å²) in [7, 11) is 4.08. The maximum Gasteiger partial charge on any atom is 0.253 e. The van der Waals surface area contributed by atoms with Crippen LogP contribution in [-0.2, 0) is 0 Å². The summed E-state index contributed by atoms with van der Waals surface area (Å²) in [6.45, 7) is 7.95. The highest BCUT2D eigenvalue weighted by molar-refractivity contribution is 5.95. The lowest BCUT2D eigenvalue weighted by Crippen LogP contribution is -2.27. The molecule has 0 radical (unpaired) electrons. The van der Waals surface area contributed by atoms with Crippen LogP contribution in [0, 0.1) is 13.8 Å². The van der Waals surface area contributed by atoms with Crippen molar-refractivity contribution in [1.29, 1.82) is 0 Å². The van der Waals surface area contributed by atoms with Crippen LogP contribution in [0.15, 0.2) is 36.4 Å². The molecule has 0 fully saturated rings. The molecule has 4 heteroatoms. The quantitative estimate of drug-likeness (QED) is 0.792. The van der Waals surface area contributed by atoms with Crippen molar-refractivity contribution >= 4 is 5.91 Å². The lowest BCUT2D eigenvalue weighted by molar-refractivity contribution is 0.0951. The number of hydrogen-bond acceptors (Lipinski definition) is 2. The zero-order valence-electron chi connectivity index (χ0n) is 15.5. The summed E-state index contributed by atoms with van der Waals surface area (Å²) < 4.78 is 2.24. The van der Waals surface area contributed by atoms with E-state index in [1.165, 1.54) is 5.56 Å². The Balaban J connectivity index is 2.12. The minimum absolute atomic E-state index is 0.0216. The molecule has 0 aliphatic carbocycles. The minimum Gasteiger partial charge on any atom is -0.352 e. The van der Waals surface area contributed by atoms with Gasteiger partial charge in [0.25, 0.3) is 5.91 Å². The second kappa shape index (κ2) is 8.15. The van der Waals surface area contributed by atoms with Gasteiger partial charge in [0.1, 0.15) is 0 Å². The maximum absolute atomic E-state index is 12.5. The molecule has 0 spiro atoms. The molecule has 1 unspecified atom stereocenters. The van der Waals surface area contributed by atoms with Crippen molar-refractivity contribution in [2.45, 2.75) is 33.2 Å². The summed E-state index contributed by atoms with van der Waals surface area (Å²) in [5.41, 5.74) is 4.16. The third-order valence-electron chi connectivity index (χ3n) is 4.47. The zero-order valence-corrected chi connectivity index (χ0v) is 15.5. The van der Waals surface area contributed by atoms with Crippen molar-refractivity contribution in [2.75, 3.05) is 27.2 Å². The van der Waals surface area contributed by atoms with Gasteiger partial charge in [-0.05, 0) is 59.5 Å². The molecule has 130 valence electrons. The molecule has 1 amide bonds. The number of hydrogen-bond donors (Lipinski definition) is 1. The molecule has 2 rings (SSSR count). The van der Waals surface area contributed by atoms with Crippen LogP contribution in [-0.4, -0.2) is 42.6 Å². The van der Waals surface area contributed by atoms with Gasteiger partial charge in [0.05, 0.1) is 11.6 Å². The predicted octanol–water partition coefficient (Wildman–Crippen LogP) is 3.40. The van der Waals surface area contributed by atoms with E-state index in [1.54, 1.807) is 0 Å². The molecule has 1 aromatic carbocycles. The molecule has 24 heavy (non-hydrogen) atoms. The summed E-state index contributed by atoms with van der Waals surface area (Å²) in [5.74, 6) is 0.0216. The summed E-state index contributed by atoms with van der Waals surface area (Å²) in [4.78, 5) is 14.6. The van der Waals surface area contributed by atoms with Crippen LogP contribution in [0.1, 0.15) is 46.7 Å². The number of aromatic nitrogens is 1. The number of aryl methyl sites for hydroxylation is 1. The van der Waals surface area contributed by atoms with Crippen molar-refractivity contribution in [3.05, 3.63) is 58.9 Å². The molecule has 2 aromatic rings. The molecule has 0 aliphatic heterocycles. The monoisotopic (exact) mass is 327 g/mol. The average Bonchev–Trinajstić information content (AvgIpc) is 2.86. The van der Waals surface area contributed by atoms with Gasteiger partial charge < -0.3 is 14.8 Å². The number of carbonyl (C=O) groups excluding carboxylic acids is 1. The first-order valence-electron chi connectivity index (χ1n) is 8.58. The number of rotatable bonds is 7. The molecule has 1 heterocycles. The summed E-state index contributed by atoms with van der Waals surface area (Å²) in [6.07, 6.45) is 0.956. The van der Waals surface area contributed by atoms with Crippen LogP contribution in [0.5, 0.6) is 0 Å². The highest BCUT2D eigenvalue weighted by atomic mass is 16.1. The van der Waals surface area contributed by atoms with E-state index >= 15 is 0 Å². The predicted molar refractivity (Wildman–Crippen MR) is 99.7 cm³/mol. The van der Waals surface area contributed by atoms with Crippen molar-refractivity contribution in [2.24, 2.45) is 0 Å². The van der Waals surface area contributed by atoms with Gasteiger partial charge >= 0.3 is 0 Å². The summed E-state index contributed by atoms with van der Waals surface area (Å²) >= 11 is 0. The van der Waals surface area contributed by atoms with Gasteiger partial charge in [-0.15, -0.1) is 0 Å². The van der Waals surface area contributed by atoms with E-state index in [9.17, 15) is 4.79 Å². The fourth-order valence-electron chi connectivity index (χ4n) is 3.18. The van der Waals surface area contributed by atoms with Crippen LogP contribution in [0.3, 0.4) is 0 Å². The lowest BCUT2D eigenvalue weighted by Gasteiger charge is -2.19. The molecular formula is C20H29N3O. The third kappa shape index (κ3) is 4.26. The Hall–Kier alpha value is -2.07. The van der Waals surface area contributed by atoms with Crippen LogP contribution < -0.4 is 5.32 Å². The van der Waals surface area contributed by atoms with Gasteiger partial charge in [-0.1, -0.05) is 30.3 Å². The Labute approximate surface area is 145 Å². The number of benzene rings is 1.